The highest BCUT2D eigenvalue weighted by molar-refractivity contribution is 5.37. The van der Waals surface area contributed by atoms with Gasteiger partial charge in [0.05, 0.1) is 0 Å². The van der Waals surface area contributed by atoms with Gasteiger partial charge in [0.25, 0.3) is 0 Å². The molecule has 1 aromatic heterocycles. The summed E-state index contributed by atoms with van der Waals surface area (Å²) in [5, 5.41) is 0. The number of piperazine rings is 1. The average Bonchev–Trinajstić information content (AvgIpc) is 2.91. The number of anilines is 1. The van der Waals surface area contributed by atoms with Crippen molar-refractivity contribution in [2.45, 2.75) is 90.4 Å². The average molecular weight is 374 g/mol. The Morgan fingerprint density at radius 3 is 2.30 bits per heavy atom. The van der Waals surface area contributed by atoms with Gasteiger partial charge in [-0.05, 0) is 72.0 Å². The van der Waals surface area contributed by atoms with E-state index >= 15 is 0 Å². The molecule has 3 atom stereocenters. The van der Waals surface area contributed by atoms with E-state index in [1.54, 1.807) is 0 Å². The first-order valence-electron chi connectivity index (χ1n) is 11.0. The minimum atomic E-state index is 0.591. The van der Waals surface area contributed by atoms with Crippen LogP contribution in [0.3, 0.4) is 0 Å². The molecule has 5 heteroatoms. The van der Waals surface area contributed by atoms with Crippen LogP contribution in [-0.2, 0) is 6.42 Å². The largest absolute Gasteiger partial charge is 0.332 e. The molecule has 152 valence electrons. The van der Waals surface area contributed by atoms with E-state index in [2.05, 4.69) is 61.8 Å². The second-order valence-electron chi connectivity index (χ2n) is 8.95. The van der Waals surface area contributed by atoms with Crippen molar-refractivity contribution < 1.29 is 0 Å². The molecule has 3 heterocycles. The maximum absolute atomic E-state index is 4.76. The lowest BCUT2D eigenvalue weighted by Gasteiger charge is -2.43. The van der Waals surface area contributed by atoms with Crippen LogP contribution >= 0.6 is 0 Å². The first-order valence-corrected chi connectivity index (χ1v) is 11.0. The predicted molar refractivity (Wildman–Crippen MR) is 113 cm³/mol. The molecule has 0 aliphatic carbocycles. The van der Waals surface area contributed by atoms with Gasteiger partial charge in [0.1, 0.15) is 0 Å². The minimum Gasteiger partial charge on any atom is -0.332 e. The fourth-order valence-electron chi connectivity index (χ4n) is 4.62. The maximum Gasteiger partial charge on any atom is 0.225 e. The highest BCUT2D eigenvalue weighted by Crippen LogP contribution is 2.34. The third-order valence-electron chi connectivity index (χ3n) is 6.62. The van der Waals surface area contributed by atoms with Gasteiger partial charge in [-0.15, -0.1) is 0 Å². The van der Waals surface area contributed by atoms with Crippen LogP contribution in [0.4, 0.5) is 5.95 Å². The zero-order valence-electron chi connectivity index (χ0n) is 18.1. The molecule has 0 radical (unpaired) electrons. The molecule has 2 aliphatic rings. The van der Waals surface area contributed by atoms with Crippen molar-refractivity contribution in [3.63, 3.8) is 0 Å². The first-order chi connectivity index (χ1) is 13.0. The van der Waals surface area contributed by atoms with Crippen molar-refractivity contribution >= 4 is 5.95 Å². The Hall–Kier alpha value is -1.20. The van der Waals surface area contributed by atoms with Gasteiger partial charge in [-0.1, -0.05) is 13.3 Å². The van der Waals surface area contributed by atoms with Gasteiger partial charge >= 0.3 is 0 Å². The number of fused-ring (bicyclic) bond motifs is 2. The summed E-state index contributed by atoms with van der Waals surface area (Å²) in [5.41, 5.74) is 1.26. The highest BCUT2D eigenvalue weighted by Gasteiger charge is 2.42. The molecule has 0 amide bonds. The standard InChI is InChI=1S/C22H39N5/c1-6-8-18(4)26-15-20-10-11-21(16-26)27(20)22-23-13-19(14-24-22)9-7-12-25(5)17(2)3/h13-14,17-18,20-21H,6-12,15-16H2,1-5H3. The number of aryl methyl sites for hydroxylation is 1. The van der Waals surface area contributed by atoms with Gasteiger partial charge in [0, 0.05) is 49.7 Å². The van der Waals surface area contributed by atoms with E-state index in [1.165, 1.54) is 44.3 Å². The molecule has 2 saturated heterocycles. The molecule has 1 aromatic rings. The Labute approximate surface area is 166 Å². The van der Waals surface area contributed by atoms with Crippen LogP contribution in [0, 0.1) is 0 Å². The van der Waals surface area contributed by atoms with Crippen molar-refractivity contribution in [3.05, 3.63) is 18.0 Å². The summed E-state index contributed by atoms with van der Waals surface area (Å²) < 4.78 is 0. The molecule has 0 spiro atoms. The third-order valence-corrected chi connectivity index (χ3v) is 6.62. The maximum atomic E-state index is 4.76. The number of rotatable bonds is 9. The van der Waals surface area contributed by atoms with E-state index in [-0.39, 0.29) is 0 Å². The lowest BCUT2D eigenvalue weighted by Crippen LogP contribution is -2.56. The summed E-state index contributed by atoms with van der Waals surface area (Å²) in [6, 6.07) is 2.49. The summed E-state index contributed by atoms with van der Waals surface area (Å²) in [4.78, 5) is 17.1. The highest BCUT2D eigenvalue weighted by atomic mass is 15.4. The van der Waals surface area contributed by atoms with Crippen LogP contribution in [0.15, 0.2) is 12.4 Å². The predicted octanol–water partition coefficient (Wildman–Crippen LogP) is 3.59. The third kappa shape index (κ3) is 5.00. The Bertz CT molecular complexity index is 559. The smallest absolute Gasteiger partial charge is 0.225 e. The van der Waals surface area contributed by atoms with E-state index < -0.39 is 0 Å². The van der Waals surface area contributed by atoms with Gasteiger partial charge < -0.3 is 9.80 Å². The normalized spacial score (nSPS) is 24.2. The fourth-order valence-corrected chi connectivity index (χ4v) is 4.62. The molecular formula is C22H39N5. The Morgan fingerprint density at radius 2 is 1.74 bits per heavy atom. The summed E-state index contributed by atoms with van der Waals surface area (Å²) in [6.07, 6.45) is 11.5. The van der Waals surface area contributed by atoms with Crippen molar-refractivity contribution in [1.82, 2.24) is 19.8 Å². The molecule has 0 aromatic carbocycles. The lowest BCUT2D eigenvalue weighted by molar-refractivity contribution is 0.158. The summed E-state index contributed by atoms with van der Waals surface area (Å²) in [6.45, 7) is 12.6. The fraction of sp³-hybridized carbons (Fsp3) is 0.818. The van der Waals surface area contributed by atoms with Gasteiger partial charge in [-0.3, -0.25) is 4.90 Å². The second kappa shape index (κ2) is 9.33. The van der Waals surface area contributed by atoms with Gasteiger partial charge in [-0.2, -0.15) is 0 Å². The van der Waals surface area contributed by atoms with Crippen molar-refractivity contribution in [2.75, 3.05) is 31.6 Å². The quantitative estimate of drug-likeness (QED) is 0.661. The van der Waals surface area contributed by atoms with Gasteiger partial charge in [-0.25, -0.2) is 9.97 Å². The molecule has 2 aliphatic heterocycles. The van der Waals surface area contributed by atoms with Crippen LogP contribution in [0.2, 0.25) is 0 Å². The van der Waals surface area contributed by atoms with Crippen LogP contribution in [0.5, 0.6) is 0 Å². The molecule has 3 unspecified atom stereocenters. The van der Waals surface area contributed by atoms with Crippen LogP contribution in [-0.4, -0.2) is 70.6 Å². The van der Waals surface area contributed by atoms with E-state index in [9.17, 15) is 0 Å². The van der Waals surface area contributed by atoms with Crippen LogP contribution in [0.1, 0.15) is 65.4 Å². The van der Waals surface area contributed by atoms with Crippen LogP contribution < -0.4 is 4.90 Å². The molecule has 27 heavy (non-hydrogen) atoms. The topological polar surface area (TPSA) is 35.5 Å². The Kier molecular flexibility index (Phi) is 7.10. The molecule has 5 nitrogen and oxygen atoms in total. The minimum absolute atomic E-state index is 0.591. The van der Waals surface area contributed by atoms with E-state index in [0.717, 1.165) is 25.3 Å². The number of nitrogens with zero attached hydrogens (tertiary/aromatic N) is 5. The molecule has 0 N–H and O–H groups in total. The van der Waals surface area contributed by atoms with E-state index in [0.29, 0.717) is 24.2 Å². The second-order valence-corrected chi connectivity index (χ2v) is 8.95. The van der Waals surface area contributed by atoms with Crippen LogP contribution in [0.25, 0.3) is 0 Å². The van der Waals surface area contributed by atoms with Gasteiger partial charge in [0.15, 0.2) is 0 Å². The van der Waals surface area contributed by atoms with E-state index in [4.69, 9.17) is 9.97 Å². The number of hydrogen-bond donors (Lipinski definition) is 0. The first kappa shape index (κ1) is 20.5. The summed E-state index contributed by atoms with van der Waals surface area (Å²) in [5.74, 6) is 0.952. The number of aromatic nitrogens is 2. The van der Waals surface area contributed by atoms with Crippen molar-refractivity contribution in [2.24, 2.45) is 0 Å². The zero-order chi connectivity index (χ0) is 19.4. The van der Waals surface area contributed by atoms with Gasteiger partial charge in [0.2, 0.25) is 5.95 Å². The number of hydrogen-bond acceptors (Lipinski definition) is 5. The number of likely N-dealkylation sites (tertiary alicyclic amines) is 1. The molecule has 0 saturated carbocycles. The zero-order valence-corrected chi connectivity index (χ0v) is 18.1. The molecule has 2 bridgehead atoms. The van der Waals surface area contributed by atoms with Crippen molar-refractivity contribution in [1.29, 1.82) is 0 Å². The molecule has 2 fully saturated rings. The van der Waals surface area contributed by atoms with Crippen molar-refractivity contribution in [3.8, 4) is 0 Å². The summed E-state index contributed by atoms with van der Waals surface area (Å²) >= 11 is 0. The molecule has 3 rings (SSSR count). The SMILES string of the molecule is CCCC(C)N1CC2CCC(C1)N2c1ncc(CCCN(C)C(C)C)cn1. The molecular weight excluding hydrogens is 334 g/mol. The summed E-state index contributed by atoms with van der Waals surface area (Å²) in [7, 11) is 2.20. The monoisotopic (exact) mass is 373 g/mol. The lowest BCUT2D eigenvalue weighted by atomic mass is 10.1. The Balaban J connectivity index is 1.55. The Morgan fingerprint density at radius 1 is 1.11 bits per heavy atom. The van der Waals surface area contributed by atoms with E-state index in [1.807, 2.05) is 0 Å².